The van der Waals surface area contributed by atoms with Crippen LogP contribution < -0.4 is 9.47 Å². The summed E-state index contributed by atoms with van der Waals surface area (Å²) >= 11 is 0. The van der Waals surface area contributed by atoms with Crippen LogP contribution in [-0.2, 0) is 0 Å². The number of aryl methyl sites for hydroxylation is 1. The van der Waals surface area contributed by atoms with Gasteiger partial charge in [-0.3, -0.25) is 5.10 Å². The second kappa shape index (κ2) is 5.31. The number of hydrogen-bond donors (Lipinski definition) is 1. The minimum atomic E-state index is 0.250. The Morgan fingerprint density at radius 3 is 2.84 bits per heavy atom. The first-order valence-corrected chi connectivity index (χ1v) is 7.96. The van der Waals surface area contributed by atoms with E-state index < -0.39 is 0 Å². The highest BCUT2D eigenvalue weighted by atomic mass is 16.7. The number of aromatic nitrogens is 4. The Kier molecular flexibility index (Phi) is 2.97. The fourth-order valence-electron chi connectivity index (χ4n) is 2.99. The molecule has 3 heterocycles. The molecular weight excluding hydrogens is 316 g/mol. The number of aromatic amines is 1. The molecular formula is C19H14N4O2. The Hall–Kier alpha value is -3.41. The lowest BCUT2D eigenvalue weighted by atomic mass is 10.1. The third-order valence-corrected chi connectivity index (χ3v) is 4.24. The third-order valence-electron chi connectivity index (χ3n) is 4.24. The molecule has 0 amide bonds. The summed E-state index contributed by atoms with van der Waals surface area (Å²) in [6.07, 6.45) is 1.75. The number of nitrogens with zero attached hydrogens (tertiary/aromatic N) is 3. The molecule has 6 heteroatoms. The highest BCUT2D eigenvalue weighted by molar-refractivity contribution is 5.89. The number of hydrogen-bond acceptors (Lipinski definition) is 5. The highest BCUT2D eigenvalue weighted by Crippen LogP contribution is 2.36. The quantitative estimate of drug-likeness (QED) is 0.606. The molecule has 6 nitrogen and oxygen atoms in total. The van der Waals surface area contributed by atoms with Gasteiger partial charge in [-0.1, -0.05) is 23.8 Å². The zero-order valence-electron chi connectivity index (χ0n) is 13.5. The Bertz CT molecular complexity index is 1100. The second-order valence-corrected chi connectivity index (χ2v) is 5.96. The van der Waals surface area contributed by atoms with E-state index in [-0.39, 0.29) is 6.79 Å². The lowest BCUT2D eigenvalue weighted by Gasteiger charge is -2.03. The van der Waals surface area contributed by atoms with Crippen molar-refractivity contribution < 1.29 is 9.47 Å². The van der Waals surface area contributed by atoms with Crippen molar-refractivity contribution in [1.82, 2.24) is 20.2 Å². The predicted octanol–water partition coefficient (Wildman–Crippen LogP) is 3.72. The van der Waals surface area contributed by atoms with E-state index in [0.717, 1.165) is 39.5 Å². The fraction of sp³-hybridized carbons (Fsp3) is 0.105. The van der Waals surface area contributed by atoms with E-state index in [1.807, 2.05) is 30.3 Å². The summed E-state index contributed by atoms with van der Waals surface area (Å²) in [5.41, 5.74) is 6.11. The molecule has 25 heavy (non-hydrogen) atoms. The number of ether oxygens (including phenoxy) is 2. The summed E-state index contributed by atoms with van der Waals surface area (Å²) in [7, 11) is 0. The van der Waals surface area contributed by atoms with Crippen LogP contribution in [0.2, 0.25) is 0 Å². The van der Waals surface area contributed by atoms with Crippen molar-refractivity contribution in [3.8, 4) is 34.0 Å². The predicted molar refractivity (Wildman–Crippen MR) is 93.4 cm³/mol. The molecule has 1 aliphatic rings. The fourth-order valence-corrected chi connectivity index (χ4v) is 2.99. The van der Waals surface area contributed by atoms with E-state index in [9.17, 15) is 0 Å². The molecule has 0 spiro atoms. The molecule has 0 bridgehead atoms. The van der Waals surface area contributed by atoms with Gasteiger partial charge in [-0.25, -0.2) is 9.97 Å². The van der Waals surface area contributed by atoms with E-state index in [4.69, 9.17) is 14.5 Å². The number of nitrogens with one attached hydrogen (secondary N) is 1. The lowest BCUT2D eigenvalue weighted by molar-refractivity contribution is 0.174. The summed E-state index contributed by atoms with van der Waals surface area (Å²) in [6.45, 7) is 2.31. The normalized spacial score (nSPS) is 12.7. The van der Waals surface area contributed by atoms with Crippen LogP contribution in [0.3, 0.4) is 0 Å². The van der Waals surface area contributed by atoms with Crippen LogP contribution in [-0.4, -0.2) is 27.0 Å². The van der Waals surface area contributed by atoms with E-state index in [2.05, 4.69) is 34.2 Å². The first kappa shape index (κ1) is 14.0. The van der Waals surface area contributed by atoms with Crippen LogP contribution in [0, 0.1) is 6.92 Å². The van der Waals surface area contributed by atoms with Gasteiger partial charge in [0, 0.05) is 11.1 Å². The van der Waals surface area contributed by atoms with Gasteiger partial charge >= 0.3 is 0 Å². The van der Waals surface area contributed by atoms with Crippen molar-refractivity contribution in [2.24, 2.45) is 0 Å². The Morgan fingerprint density at radius 2 is 1.92 bits per heavy atom. The molecule has 2 aromatic heterocycles. The largest absolute Gasteiger partial charge is 0.454 e. The monoisotopic (exact) mass is 330 g/mol. The first-order chi connectivity index (χ1) is 12.3. The SMILES string of the molecule is Cc1cccc(-c2cnc3n[nH]c(-c4ccc5c(c4)OCO5)c3n2)c1. The number of H-pyrrole nitrogens is 1. The molecule has 4 aromatic rings. The average molecular weight is 330 g/mol. The van der Waals surface area contributed by atoms with E-state index in [0.29, 0.717) is 5.65 Å². The molecule has 0 atom stereocenters. The van der Waals surface area contributed by atoms with Gasteiger partial charge in [-0.15, -0.1) is 0 Å². The van der Waals surface area contributed by atoms with Crippen molar-refractivity contribution in [3.63, 3.8) is 0 Å². The third kappa shape index (κ3) is 2.30. The van der Waals surface area contributed by atoms with Crippen LogP contribution in [0.25, 0.3) is 33.7 Å². The summed E-state index contributed by atoms with van der Waals surface area (Å²) in [5, 5.41) is 7.31. The summed E-state index contributed by atoms with van der Waals surface area (Å²) < 4.78 is 10.8. The minimum Gasteiger partial charge on any atom is -0.454 e. The highest BCUT2D eigenvalue weighted by Gasteiger charge is 2.17. The van der Waals surface area contributed by atoms with Crippen molar-refractivity contribution in [1.29, 1.82) is 0 Å². The zero-order chi connectivity index (χ0) is 16.8. The summed E-state index contributed by atoms with van der Waals surface area (Å²) in [4.78, 5) is 9.23. The molecule has 122 valence electrons. The van der Waals surface area contributed by atoms with E-state index in [1.54, 1.807) is 6.20 Å². The average Bonchev–Trinajstić information content (AvgIpc) is 3.27. The maximum Gasteiger partial charge on any atom is 0.231 e. The van der Waals surface area contributed by atoms with Crippen LogP contribution in [0.15, 0.2) is 48.7 Å². The molecule has 0 fully saturated rings. The van der Waals surface area contributed by atoms with Crippen LogP contribution in [0.1, 0.15) is 5.56 Å². The van der Waals surface area contributed by atoms with Gasteiger partial charge in [0.2, 0.25) is 6.79 Å². The topological polar surface area (TPSA) is 72.9 Å². The zero-order valence-corrected chi connectivity index (χ0v) is 13.5. The van der Waals surface area contributed by atoms with Gasteiger partial charge in [0.05, 0.1) is 17.6 Å². The van der Waals surface area contributed by atoms with E-state index in [1.165, 1.54) is 5.56 Å². The molecule has 0 radical (unpaired) electrons. The summed E-state index contributed by atoms with van der Waals surface area (Å²) in [5.74, 6) is 1.47. The molecule has 0 saturated carbocycles. The Balaban J connectivity index is 1.66. The Morgan fingerprint density at radius 1 is 1.00 bits per heavy atom. The van der Waals surface area contributed by atoms with Crippen LogP contribution in [0.5, 0.6) is 11.5 Å². The van der Waals surface area contributed by atoms with Crippen molar-refractivity contribution in [2.45, 2.75) is 6.92 Å². The second-order valence-electron chi connectivity index (χ2n) is 5.96. The number of benzene rings is 2. The number of fused-ring (bicyclic) bond motifs is 2. The van der Waals surface area contributed by atoms with Crippen molar-refractivity contribution in [3.05, 3.63) is 54.2 Å². The molecule has 0 saturated heterocycles. The standard InChI is InChI=1S/C19H14N4O2/c1-11-3-2-4-12(7-11)14-9-20-19-18(21-14)17(22-23-19)13-5-6-15-16(8-13)25-10-24-15/h2-9H,10H2,1H3,(H,20,22,23). The maximum atomic E-state index is 5.46. The lowest BCUT2D eigenvalue weighted by Crippen LogP contribution is -1.92. The van der Waals surface area contributed by atoms with Gasteiger partial charge in [0.1, 0.15) is 5.52 Å². The summed E-state index contributed by atoms with van der Waals surface area (Å²) in [6, 6.07) is 14.0. The van der Waals surface area contributed by atoms with Gasteiger partial charge in [-0.05, 0) is 31.2 Å². The van der Waals surface area contributed by atoms with Gasteiger partial charge in [-0.2, -0.15) is 5.10 Å². The molecule has 2 aromatic carbocycles. The van der Waals surface area contributed by atoms with Gasteiger partial charge < -0.3 is 9.47 Å². The van der Waals surface area contributed by atoms with Crippen molar-refractivity contribution in [2.75, 3.05) is 6.79 Å². The molecule has 5 rings (SSSR count). The van der Waals surface area contributed by atoms with Crippen LogP contribution in [0.4, 0.5) is 0 Å². The maximum absolute atomic E-state index is 5.46. The molecule has 0 aliphatic carbocycles. The van der Waals surface area contributed by atoms with E-state index >= 15 is 0 Å². The molecule has 0 unspecified atom stereocenters. The molecule has 1 aliphatic heterocycles. The Labute approximate surface area is 143 Å². The minimum absolute atomic E-state index is 0.250. The van der Waals surface area contributed by atoms with Crippen molar-refractivity contribution >= 4 is 11.2 Å². The van der Waals surface area contributed by atoms with Crippen LogP contribution >= 0.6 is 0 Å². The van der Waals surface area contributed by atoms with Gasteiger partial charge in [0.15, 0.2) is 17.1 Å². The first-order valence-electron chi connectivity index (χ1n) is 7.96. The smallest absolute Gasteiger partial charge is 0.231 e. The van der Waals surface area contributed by atoms with Gasteiger partial charge in [0.25, 0.3) is 0 Å². The number of rotatable bonds is 2. The molecule has 1 N–H and O–H groups in total.